The minimum atomic E-state index is -1.84. The summed E-state index contributed by atoms with van der Waals surface area (Å²) in [6, 6.07) is 19.1. The molecule has 0 saturated carbocycles. The van der Waals surface area contributed by atoms with E-state index >= 15 is 0 Å². The molecule has 48 heteroatoms. The Hall–Kier alpha value is -11.2. The molecule has 9 rings (SSSR count). The number of carboxylic acids is 7. The van der Waals surface area contributed by atoms with E-state index in [1.165, 1.54) is 4.90 Å². The Morgan fingerprint density at radius 1 is 0.461 bits per heavy atom. The fourth-order valence-corrected chi connectivity index (χ4v) is 16.5. The lowest BCUT2D eigenvalue weighted by Crippen LogP contribution is -2.60. The maximum Gasteiger partial charge on any atom is 0.317 e. The van der Waals surface area contributed by atoms with Gasteiger partial charge in [0.25, 0.3) is 11.8 Å². The predicted molar refractivity (Wildman–Crippen MR) is 509 cm³/mol. The van der Waals surface area contributed by atoms with Gasteiger partial charge in [-0.05, 0) is 136 Å². The van der Waals surface area contributed by atoms with Crippen molar-refractivity contribution >= 4 is 98.9 Å². The highest BCUT2D eigenvalue weighted by Gasteiger charge is 2.37. The molecule has 2 aromatic heterocycles. The van der Waals surface area contributed by atoms with Crippen LogP contribution in [0, 0.1) is 0 Å². The summed E-state index contributed by atoms with van der Waals surface area (Å²) in [6.07, 6.45) is -8.77. The number of benzene rings is 4. The molecule has 1 saturated heterocycles. The zero-order chi connectivity index (χ0) is 102. The molecule has 141 heavy (non-hydrogen) atoms. The average molecular weight is 1990 g/mol. The largest absolute Gasteiger partial charge is 0.481 e. The van der Waals surface area contributed by atoms with Crippen LogP contribution in [0.4, 0.5) is 11.4 Å². The van der Waals surface area contributed by atoms with E-state index in [1.54, 1.807) is 84.8 Å². The zero-order valence-electron chi connectivity index (χ0n) is 79.7. The molecule has 6 aromatic rings. The highest BCUT2D eigenvalue weighted by atomic mass is 16.6. The summed E-state index contributed by atoms with van der Waals surface area (Å²) in [4.78, 5) is 168. The summed E-state index contributed by atoms with van der Waals surface area (Å²) >= 11 is 0. The number of hydrogen-bond acceptors (Lipinski definition) is 35. The van der Waals surface area contributed by atoms with E-state index in [4.69, 9.17) is 28.4 Å². The van der Waals surface area contributed by atoms with Crippen LogP contribution < -0.4 is 37.2 Å². The molecule has 0 bridgehead atoms. The number of aliphatic hydroxyl groups excluding tert-OH is 5. The van der Waals surface area contributed by atoms with E-state index in [0.29, 0.717) is 84.1 Å². The minimum absolute atomic E-state index is 0.0487. The Balaban J connectivity index is 0.724. The van der Waals surface area contributed by atoms with Crippen molar-refractivity contribution in [1.29, 1.82) is 0 Å². The van der Waals surface area contributed by atoms with Crippen molar-refractivity contribution in [2.45, 2.75) is 165 Å². The van der Waals surface area contributed by atoms with Gasteiger partial charge in [-0.25, -0.2) is 9.97 Å². The van der Waals surface area contributed by atoms with Crippen LogP contribution in [-0.4, -0.2) is 445 Å². The van der Waals surface area contributed by atoms with Crippen molar-refractivity contribution in [3.8, 4) is 0 Å². The molecule has 5 heterocycles. The maximum atomic E-state index is 14.4. The number of para-hydroxylation sites is 4. The van der Waals surface area contributed by atoms with Gasteiger partial charge in [-0.1, -0.05) is 24.3 Å². The molecular weight excluding hydrogens is 1850 g/mol. The Morgan fingerprint density at radius 2 is 0.908 bits per heavy atom. The number of nitrogens with zero attached hydrogens (tertiary/aromatic N) is 10. The third kappa shape index (κ3) is 40.6. The number of ether oxygens (including phenoxy) is 6. The van der Waals surface area contributed by atoms with Crippen molar-refractivity contribution in [3.63, 3.8) is 0 Å². The minimum Gasteiger partial charge on any atom is -0.481 e. The number of β-amino-alcohol motifs (C(OH)–C–C–N with tert-alkyl or cyclic N) is 1. The van der Waals surface area contributed by atoms with Crippen LogP contribution in [0.15, 0.2) is 84.9 Å². The molecule has 4 aromatic carbocycles. The lowest BCUT2D eigenvalue weighted by atomic mass is 10.0. The number of H-pyrrole nitrogens is 2. The smallest absolute Gasteiger partial charge is 0.317 e. The van der Waals surface area contributed by atoms with Crippen LogP contribution in [0.1, 0.15) is 121 Å². The fourth-order valence-electron chi connectivity index (χ4n) is 16.5. The molecule has 0 radical (unpaired) electrons. The van der Waals surface area contributed by atoms with Gasteiger partial charge in [-0.2, -0.15) is 0 Å². The van der Waals surface area contributed by atoms with Gasteiger partial charge >= 0.3 is 41.8 Å². The van der Waals surface area contributed by atoms with Crippen LogP contribution >= 0.6 is 0 Å². The van der Waals surface area contributed by atoms with Crippen molar-refractivity contribution in [1.82, 2.24) is 85.7 Å². The molecule has 0 aliphatic carbocycles. The summed E-state index contributed by atoms with van der Waals surface area (Å²) in [6.45, 7) is 3.58. The average Bonchev–Trinajstić information content (AvgIpc) is 2.12. The number of hydrogen-bond donors (Lipinski definition) is 21. The molecule has 10 atom stereocenters. The molecule has 21 N–H and O–H groups in total. The van der Waals surface area contributed by atoms with Gasteiger partial charge in [0.15, 0.2) is 0 Å². The summed E-state index contributed by atoms with van der Waals surface area (Å²) in [5, 5.41) is 147. The van der Waals surface area contributed by atoms with Gasteiger partial charge < -0.3 is 130 Å². The molecule has 4 amide bonds. The number of rotatable bonds is 65. The normalized spacial score (nSPS) is 17.6. The number of aromatic amines is 2. The highest BCUT2D eigenvalue weighted by molar-refractivity contribution is 5.96. The summed E-state index contributed by atoms with van der Waals surface area (Å²) in [5.41, 5.74) is 6.48. The third-order valence-corrected chi connectivity index (χ3v) is 23.9. The predicted octanol–water partition coefficient (Wildman–Crippen LogP) is -0.830. The number of carboxylic acid groups (broad SMARTS) is 7. The lowest BCUT2D eigenvalue weighted by Gasteiger charge is -2.34. The Morgan fingerprint density at radius 3 is 1.39 bits per heavy atom. The van der Waals surface area contributed by atoms with E-state index in [9.17, 15) is 114 Å². The first-order valence-electron chi connectivity index (χ1n) is 47.5. The second-order valence-corrected chi connectivity index (χ2v) is 35.0. The molecule has 3 aliphatic heterocycles. The molecule has 3 aliphatic rings. The van der Waals surface area contributed by atoms with E-state index in [1.807, 2.05) is 48.5 Å². The number of amides is 4. The Kier molecular flexibility index (Phi) is 48.5. The van der Waals surface area contributed by atoms with Crippen LogP contribution in [0.5, 0.6) is 0 Å². The number of carbonyl (C=O) groups is 11. The SMILES string of the molecule is CN(Cc1nc2ccccc2[nH]1)C(=O)c1ccc2c(c1)CN(CCCOCCOCCOCCCN[C@H](O)[C@H](CC[C@H](O)NCCCOCCOCCOCCCN1Cc3cc(C(=O)N(C)Cc4nc5ccccc5[nH]4)ccc3N[C@@H](CC(=O)O)[C@@H]1O)N[C@@H](O)[C@H](CCC(=O)O)NC(=O)C(CCC(=O)O)N[C@@H](O)CN1CCN(CC(=O)O)CCN(CC(=O)O)CCN(CC(=O)O)CC1)C(=O)C(CC(=O)O)N2. The topological polar surface area (TPSA) is 653 Å². The number of aliphatic hydroxyl groups is 5. The monoisotopic (exact) mass is 1990 g/mol. The van der Waals surface area contributed by atoms with Crippen molar-refractivity contribution < 1.29 is 142 Å². The molecular formula is C93H139N19O29. The van der Waals surface area contributed by atoms with E-state index < -0.39 is 160 Å². The summed E-state index contributed by atoms with van der Waals surface area (Å²) in [5.74, 6) is -9.10. The van der Waals surface area contributed by atoms with Crippen molar-refractivity contribution in [2.75, 3.05) is 209 Å². The summed E-state index contributed by atoms with van der Waals surface area (Å²) < 4.78 is 34.7. The first-order chi connectivity index (χ1) is 67.7. The van der Waals surface area contributed by atoms with Crippen molar-refractivity contribution in [3.05, 3.63) is 119 Å². The number of aliphatic carboxylic acids is 7. The molecule has 2 unspecified atom stereocenters. The number of aromatic nitrogens is 4. The van der Waals surface area contributed by atoms with Gasteiger partial charge in [0.1, 0.15) is 48.8 Å². The van der Waals surface area contributed by atoms with Crippen LogP contribution in [0.25, 0.3) is 22.1 Å². The number of nitrogens with one attached hydrogen (secondary N) is 9. The second kappa shape index (κ2) is 60.3. The van der Waals surface area contributed by atoms with Gasteiger partial charge in [-0.15, -0.1) is 0 Å². The number of imidazole rings is 2. The van der Waals surface area contributed by atoms with Crippen LogP contribution in [0.2, 0.25) is 0 Å². The maximum absolute atomic E-state index is 14.4. The van der Waals surface area contributed by atoms with Crippen LogP contribution in [0.3, 0.4) is 0 Å². The van der Waals surface area contributed by atoms with Gasteiger partial charge in [0.2, 0.25) is 11.8 Å². The zero-order valence-corrected chi connectivity index (χ0v) is 79.7. The number of anilines is 2. The Bertz CT molecular complexity index is 4850. The summed E-state index contributed by atoms with van der Waals surface area (Å²) in [7, 11) is 3.34. The van der Waals surface area contributed by atoms with E-state index in [2.05, 4.69) is 57.2 Å². The first kappa shape index (κ1) is 113. The molecule has 1 fully saturated rings. The van der Waals surface area contributed by atoms with Gasteiger partial charge in [0.05, 0.1) is 139 Å². The fraction of sp³-hybridized carbons (Fsp3) is 0.602. The lowest BCUT2D eigenvalue weighted by molar-refractivity contribution is -0.141. The van der Waals surface area contributed by atoms with Crippen LogP contribution in [-0.2, 0) is 97.8 Å². The molecule has 780 valence electrons. The highest BCUT2D eigenvalue weighted by Crippen LogP contribution is 2.31. The number of carbonyl (C=O) groups excluding carboxylic acids is 4. The van der Waals surface area contributed by atoms with Gasteiger partial charge in [-0.3, -0.25) is 98.5 Å². The third-order valence-electron chi connectivity index (χ3n) is 23.9. The molecule has 48 nitrogen and oxygen atoms in total. The van der Waals surface area contributed by atoms with Gasteiger partial charge in [0, 0.05) is 167 Å². The van der Waals surface area contributed by atoms with Crippen molar-refractivity contribution in [2.24, 2.45) is 0 Å². The standard InChI is InChI=1S/C93H139N19O29/c1-105(55-76-98-67-11-3-4-12-68(67)99-76)90(132)61-15-17-65-63(49-61)53-111(92(134)74(96-65)51-82(119)120)27-9-39-138-43-47-140-45-41-136-37-7-25-94-78(113)22-19-71(103-89(131)73(21-24-81(117)118)104-88(130)72(20-23-80(115)116)102-79(114)57-107-29-31-108(58-84(123)124)33-35-110(60-86(127)128)36-34-109(32-30-107)59-85(125)126)87(129)95-26-8-38-137-42-46-141-48-44-139-40-10-28-112-54-64-50-62(16-18-66(64)97-75(93(112)135)52-83(121)122)91(133)106(2)56-77-100-69-13-5-6-14-70(69)101-77/h3-6,11-18,49-50,71-75,78-79,87,89,92,94-97,102-103,113-114,129,131,134H,7-10,19-48,51-60H2,1-2H3,(H,98,99)(H,100,101)(H,104,130)(H,115,116)(H,117,118)(H,119,120)(H,121,122)(H,123,124)(H,125,126)(H,127,128)/t71-,72?,73-,74-,75?,78-,79-,87+,89-,92-/m0/s1. The van der Waals surface area contributed by atoms with E-state index in [0.717, 1.165) is 22.1 Å². The second-order valence-electron chi connectivity index (χ2n) is 35.0. The quantitative estimate of drug-likeness (QED) is 0.0164. The van der Waals surface area contributed by atoms with E-state index in [-0.39, 0.29) is 215 Å². The first-order valence-corrected chi connectivity index (χ1v) is 47.5. The molecule has 0 spiro atoms. The Labute approximate surface area is 815 Å². The number of fused-ring (bicyclic) bond motifs is 4.